The van der Waals surface area contributed by atoms with Gasteiger partial charge >= 0.3 is 17.9 Å². The minimum atomic E-state index is -0.816. The first-order valence-electron chi connectivity index (χ1n) is 31.4. The number of allylic oxidation sites excluding steroid dienone is 18. The van der Waals surface area contributed by atoms with Gasteiger partial charge in [0.2, 0.25) is 0 Å². The average Bonchev–Trinajstić information content (AvgIpc) is 3.41. The fourth-order valence-corrected chi connectivity index (χ4v) is 8.54. The van der Waals surface area contributed by atoms with Crippen LogP contribution in [-0.2, 0) is 28.6 Å². The van der Waals surface area contributed by atoms with Crippen molar-refractivity contribution in [3.8, 4) is 0 Å². The van der Waals surface area contributed by atoms with E-state index in [2.05, 4.69) is 130 Å². The number of rotatable bonds is 56. The number of hydrogen-bond donors (Lipinski definition) is 0. The summed E-state index contributed by atoms with van der Waals surface area (Å²) in [4.78, 5) is 38.3. The Morgan fingerprint density at radius 3 is 0.867 bits per heavy atom. The molecule has 0 aliphatic rings. The van der Waals surface area contributed by atoms with Gasteiger partial charge in [0.15, 0.2) is 6.10 Å². The second-order valence-electron chi connectivity index (χ2n) is 20.6. The van der Waals surface area contributed by atoms with Crippen molar-refractivity contribution in [3.05, 3.63) is 109 Å². The van der Waals surface area contributed by atoms with Crippen molar-refractivity contribution in [2.45, 2.75) is 297 Å². The number of hydrogen-bond acceptors (Lipinski definition) is 6. The van der Waals surface area contributed by atoms with Gasteiger partial charge in [-0.3, -0.25) is 14.4 Å². The van der Waals surface area contributed by atoms with Crippen molar-refractivity contribution in [2.75, 3.05) is 13.2 Å². The Hall–Kier alpha value is -3.93. The minimum absolute atomic E-state index is 0.106. The molecule has 0 radical (unpaired) electrons. The third-order valence-electron chi connectivity index (χ3n) is 13.2. The van der Waals surface area contributed by atoms with Crippen LogP contribution in [0.4, 0.5) is 0 Å². The van der Waals surface area contributed by atoms with Crippen molar-refractivity contribution in [1.29, 1.82) is 0 Å². The molecule has 0 rings (SSSR count). The molecule has 1 atom stereocenters. The van der Waals surface area contributed by atoms with Gasteiger partial charge in [-0.25, -0.2) is 0 Å². The van der Waals surface area contributed by atoms with Crippen LogP contribution in [0.15, 0.2) is 109 Å². The van der Waals surface area contributed by atoms with Crippen molar-refractivity contribution >= 4 is 17.9 Å². The standard InChI is InChI=1S/C69H116O6/c1-4-7-10-13-16-19-22-25-28-30-31-32-33-34-35-36-37-39-41-44-47-50-53-56-59-62-68(71)74-65-66(64-73-67(70)61-58-55-52-49-46-43-40-27-24-21-18-15-12-9-6-3)75-69(72)63-60-57-54-51-48-45-42-38-29-26-23-20-17-14-11-8-5-2/h8,11,17,20,22,25-27,29-31,33-34,40,42,45,51,54,66H,4-7,9-10,12-16,18-19,21,23-24,28,32,35-39,41,43-44,46-50,52-53,55-65H2,1-3H3/b11-8-,20-17-,25-22-,29-26-,31-30-,34-33-,40-27-,45-42-,54-51-. The number of carbonyl (C=O) groups excluding carboxylic acids is 3. The maximum atomic E-state index is 12.9. The Bertz CT molecular complexity index is 1520. The largest absolute Gasteiger partial charge is 0.462 e. The molecule has 0 aromatic rings. The van der Waals surface area contributed by atoms with Crippen LogP contribution in [0.1, 0.15) is 290 Å². The van der Waals surface area contributed by atoms with E-state index in [1.165, 1.54) is 141 Å². The van der Waals surface area contributed by atoms with E-state index < -0.39 is 6.10 Å². The molecule has 0 spiro atoms. The van der Waals surface area contributed by atoms with Crippen LogP contribution in [0.2, 0.25) is 0 Å². The van der Waals surface area contributed by atoms with E-state index in [4.69, 9.17) is 14.2 Å². The summed E-state index contributed by atoms with van der Waals surface area (Å²) >= 11 is 0. The van der Waals surface area contributed by atoms with Gasteiger partial charge in [-0.1, -0.05) is 259 Å². The first-order valence-corrected chi connectivity index (χ1v) is 31.4. The molecule has 428 valence electrons. The van der Waals surface area contributed by atoms with E-state index in [9.17, 15) is 14.4 Å². The second kappa shape index (κ2) is 62.6. The summed E-state index contributed by atoms with van der Waals surface area (Å²) in [5.74, 6) is -0.972. The number of carbonyl (C=O) groups is 3. The highest BCUT2D eigenvalue weighted by Crippen LogP contribution is 2.15. The molecule has 0 amide bonds. The van der Waals surface area contributed by atoms with Crippen LogP contribution in [0.3, 0.4) is 0 Å². The SMILES string of the molecule is CC/C=C\C/C=C\C/C=C\C/C=C\C/C=C\CCCC(=O)OC(COC(=O)CCCCCCC/C=C\CCCCCCCC)COC(=O)CCCCCCCCCCCC/C=C\C/C=C\C/C=C\CCCCCCC. The fourth-order valence-electron chi connectivity index (χ4n) is 8.54. The molecule has 0 fully saturated rings. The summed E-state index contributed by atoms with van der Waals surface area (Å²) in [6.07, 6.45) is 85.2. The van der Waals surface area contributed by atoms with E-state index in [-0.39, 0.29) is 37.5 Å². The zero-order valence-corrected chi connectivity index (χ0v) is 49.0. The van der Waals surface area contributed by atoms with E-state index >= 15 is 0 Å². The van der Waals surface area contributed by atoms with Crippen LogP contribution in [0.25, 0.3) is 0 Å². The van der Waals surface area contributed by atoms with Gasteiger partial charge in [0.05, 0.1) is 0 Å². The van der Waals surface area contributed by atoms with E-state index in [0.717, 1.165) is 103 Å². The summed E-state index contributed by atoms with van der Waals surface area (Å²) in [6, 6.07) is 0. The Labute approximate surface area is 463 Å². The van der Waals surface area contributed by atoms with E-state index in [1.54, 1.807) is 0 Å². The van der Waals surface area contributed by atoms with E-state index in [0.29, 0.717) is 19.3 Å². The zero-order chi connectivity index (χ0) is 54.3. The molecule has 75 heavy (non-hydrogen) atoms. The molecule has 0 saturated carbocycles. The second-order valence-corrected chi connectivity index (χ2v) is 20.6. The first kappa shape index (κ1) is 71.1. The van der Waals surface area contributed by atoms with Gasteiger partial charge in [-0.15, -0.1) is 0 Å². The van der Waals surface area contributed by atoms with Crippen molar-refractivity contribution < 1.29 is 28.6 Å². The van der Waals surface area contributed by atoms with Gasteiger partial charge in [-0.05, 0) is 122 Å². The molecule has 0 N–H and O–H groups in total. The van der Waals surface area contributed by atoms with Crippen molar-refractivity contribution in [1.82, 2.24) is 0 Å². The van der Waals surface area contributed by atoms with Crippen LogP contribution in [-0.4, -0.2) is 37.2 Å². The summed E-state index contributed by atoms with van der Waals surface area (Å²) in [6.45, 7) is 6.47. The summed E-state index contributed by atoms with van der Waals surface area (Å²) in [5.41, 5.74) is 0. The lowest BCUT2D eigenvalue weighted by Crippen LogP contribution is -2.30. The minimum Gasteiger partial charge on any atom is -0.462 e. The van der Waals surface area contributed by atoms with Crippen molar-refractivity contribution in [2.24, 2.45) is 0 Å². The maximum Gasteiger partial charge on any atom is 0.306 e. The molecule has 0 aromatic heterocycles. The summed E-state index contributed by atoms with van der Waals surface area (Å²) in [7, 11) is 0. The Morgan fingerprint density at radius 2 is 0.533 bits per heavy atom. The van der Waals surface area contributed by atoms with Crippen molar-refractivity contribution in [3.63, 3.8) is 0 Å². The molecule has 6 heteroatoms. The van der Waals surface area contributed by atoms with E-state index in [1.807, 2.05) is 0 Å². The first-order chi connectivity index (χ1) is 37.0. The molecule has 0 aliphatic carbocycles. The lowest BCUT2D eigenvalue weighted by Gasteiger charge is -2.18. The molecular formula is C69H116O6. The highest BCUT2D eigenvalue weighted by atomic mass is 16.6. The smallest absolute Gasteiger partial charge is 0.306 e. The van der Waals surface area contributed by atoms with Gasteiger partial charge in [0, 0.05) is 19.3 Å². The van der Waals surface area contributed by atoms with Crippen LogP contribution in [0.5, 0.6) is 0 Å². The highest BCUT2D eigenvalue weighted by Gasteiger charge is 2.19. The quantitative estimate of drug-likeness (QED) is 0.0261. The van der Waals surface area contributed by atoms with Gasteiger partial charge in [0.1, 0.15) is 13.2 Å². The number of unbranched alkanes of at least 4 members (excludes halogenated alkanes) is 27. The Morgan fingerprint density at radius 1 is 0.280 bits per heavy atom. The third kappa shape index (κ3) is 60.8. The zero-order valence-electron chi connectivity index (χ0n) is 49.0. The predicted molar refractivity (Wildman–Crippen MR) is 325 cm³/mol. The molecule has 1 unspecified atom stereocenters. The normalized spacial score (nSPS) is 12.8. The predicted octanol–water partition coefficient (Wildman–Crippen LogP) is 21.4. The summed E-state index contributed by atoms with van der Waals surface area (Å²) < 4.78 is 16.9. The van der Waals surface area contributed by atoms with Gasteiger partial charge < -0.3 is 14.2 Å². The lowest BCUT2D eigenvalue weighted by molar-refractivity contribution is -0.167. The fraction of sp³-hybridized carbons (Fsp3) is 0.696. The van der Waals surface area contributed by atoms with Gasteiger partial charge in [0.25, 0.3) is 0 Å². The number of esters is 3. The number of ether oxygens (including phenoxy) is 3. The molecule has 0 aliphatic heterocycles. The Kier molecular flexibility index (Phi) is 59.3. The van der Waals surface area contributed by atoms with Crippen LogP contribution >= 0.6 is 0 Å². The molecule has 0 saturated heterocycles. The molecule has 0 aromatic carbocycles. The molecule has 0 heterocycles. The maximum absolute atomic E-state index is 12.9. The Balaban J connectivity index is 4.42. The summed E-state index contributed by atoms with van der Waals surface area (Å²) in [5, 5.41) is 0. The lowest BCUT2D eigenvalue weighted by atomic mass is 10.1. The monoisotopic (exact) mass is 1040 g/mol. The third-order valence-corrected chi connectivity index (χ3v) is 13.2. The van der Waals surface area contributed by atoms with Crippen LogP contribution in [0, 0.1) is 0 Å². The van der Waals surface area contributed by atoms with Crippen LogP contribution < -0.4 is 0 Å². The highest BCUT2D eigenvalue weighted by molar-refractivity contribution is 5.71. The molecule has 6 nitrogen and oxygen atoms in total. The molecular weight excluding hydrogens is 925 g/mol. The molecule has 0 bridgehead atoms. The average molecular weight is 1040 g/mol. The topological polar surface area (TPSA) is 78.9 Å². The van der Waals surface area contributed by atoms with Gasteiger partial charge in [-0.2, -0.15) is 0 Å².